The zero-order valence-corrected chi connectivity index (χ0v) is 8.20. The summed E-state index contributed by atoms with van der Waals surface area (Å²) in [6.07, 6.45) is 4.90. The maximum Gasteiger partial charge on any atom is 0.491 e. The van der Waals surface area contributed by atoms with E-state index < -0.39 is 7.12 Å². The molecule has 2 N–H and O–H groups in total. The second-order valence-electron chi connectivity index (χ2n) is 3.20. The molecule has 2 aromatic heterocycles. The average Bonchev–Trinajstić information content (AvgIpc) is 2.62. The summed E-state index contributed by atoms with van der Waals surface area (Å²) >= 11 is 0. The Balaban J connectivity index is 2.43. The SMILES string of the molecule is Cc1nn(-c2cccnc2)cc1B(O)O. The highest BCUT2D eigenvalue weighted by Crippen LogP contribution is 2.03. The molecule has 0 aliphatic carbocycles. The summed E-state index contributed by atoms with van der Waals surface area (Å²) in [6, 6.07) is 3.63. The van der Waals surface area contributed by atoms with Crippen LogP contribution in [0.25, 0.3) is 5.69 Å². The molecule has 0 aromatic carbocycles. The van der Waals surface area contributed by atoms with Crippen LogP contribution in [0.1, 0.15) is 5.69 Å². The number of pyridine rings is 1. The van der Waals surface area contributed by atoms with Crippen molar-refractivity contribution < 1.29 is 10.0 Å². The van der Waals surface area contributed by atoms with Crippen LogP contribution in [0.4, 0.5) is 0 Å². The van der Waals surface area contributed by atoms with Crippen molar-refractivity contribution in [2.45, 2.75) is 6.92 Å². The molecule has 15 heavy (non-hydrogen) atoms. The second kappa shape index (κ2) is 3.84. The van der Waals surface area contributed by atoms with Gasteiger partial charge in [0.1, 0.15) is 0 Å². The molecule has 0 saturated carbocycles. The van der Waals surface area contributed by atoms with Gasteiger partial charge in [0, 0.05) is 17.9 Å². The summed E-state index contributed by atoms with van der Waals surface area (Å²) in [7, 11) is -1.49. The minimum absolute atomic E-state index is 0.402. The maximum absolute atomic E-state index is 9.05. The largest absolute Gasteiger partial charge is 0.491 e. The zero-order chi connectivity index (χ0) is 10.8. The number of rotatable bonds is 2. The molecule has 0 unspecified atom stereocenters. The number of nitrogens with zero attached hydrogens (tertiary/aromatic N) is 3. The van der Waals surface area contributed by atoms with Gasteiger partial charge in [0.15, 0.2) is 0 Å². The van der Waals surface area contributed by atoms with E-state index in [2.05, 4.69) is 10.1 Å². The van der Waals surface area contributed by atoms with E-state index in [-0.39, 0.29) is 0 Å². The molecule has 0 aliphatic heterocycles. The van der Waals surface area contributed by atoms with Crippen LogP contribution in [0.5, 0.6) is 0 Å². The van der Waals surface area contributed by atoms with Crippen LogP contribution in [0.15, 0.2) is 30.7 Å². The molecule has 6 heteroatoms. The van der Waals surface area contributed by atoms with Crippen LogP contribution >= 0.6 is 0 Å². The van der Waals surface area contributed by atoms with Crippen molar-refractivity contribution in [1.29, 1.82) is 0 Å². The molecule has 0 atom stereocenters. The quantitative estimate of drug-likeness (QED) is 0.630. The fourth-order valence-corrected chi connectivity index (χ4v) is 1.35. The van der Waals surface area contributed by atoms with Gasteiger partial charge in [0.25, 0.3) is 0 Å². The van der Waals surface area contributed by atoms with Gasteiger partial charge in [-0.05, 0) is 19.1 Å². The first-order valence-electron chi connectivity index (χ1n) is 4.51. The molecule has 0 spiro atoms. The van der Waals surface area contributed by atoms with Gasteiger partial charge in [0.2, 0.25) is 0 Å². The highest BCUT2D eigenvalue weighted by molar-refractivity contribution is 6.59. The Morgan fingerprint density at radius 3 is 2.73 bits per heavy atom. The Kier molecular flexibility index (Phi) is 2.53. The van der Waals surface area contributed by atoms with E-state index in [1.807, 2.05) is 6.07 Å². The summed E-state index contributed by atoms with van der Waals surface area (Å²) < 4.78 is 1.57. The molecule has 2 heterocycles. The van der Waals surface area contributed by atoms with E-state index in [1.54, 1.807) is 36.3 Å². The van der Waals surface area contributed by atoms with Gasteiger partial charge >= 0.3 is 7.12 Å². The zero-order valence-electron chi connectivity index (χ0n) is 8.20. The van der Waals surface area contributed by atoms with Gasteiger partial charge in [-0.15, -0.1) is 0 Å². The van der Waals surface area contributed by atoms with Crippen molar-refractivity contribution in [3.05, 3.63) is 36.4 Å². The lowest BCUT2D eigenvalue weighted by Gasteiger charge is -1.98. The molecule has 76 valence electrons. The number of hydrogen-bond donors (Lipinski definition) is 2. The lowest BCUT2D eigenvalue weighted by molar-refractivity contribution is 0.425. The molecule has 0 aliphatic rings. The summed E-state index contributed by atoms with van der Waals surface area (Å²) in [5.41, 5.74) is 1.78. The summed E-state index contributed by atoms with van der Waals surface area (Å²) in [5.74, 6) is 0. The highest BCUT2D eigenvalue weighted by Gasteiger charge is 2.17. The van der Waals surface area contributed by atoms with Crippen LogP contribution in [0, 0.1) is 6.92 Å². The smallest absolute Gasteiger partial charge is 0.423 e. The lowest BCUT2D eigenvalue weighted by Crippen LogP contribution is -2.30. The van der Waals surface area contributed by atoms with E-state index in [4.69, 9.17) is 10.0 Å². The molecule has 2 rings (SSSR count). The molecular formula is C9H10BN3O2. The van der Waals surface area contributed by atoms with Gasteiger partial charge in [-0.25, -0.2) is 4.68 Å². The normalized spacial score (nSPS) is 10.3. The Labute approximate surface area is 87.2 Å². The van der Waals surface area contributed by atoms with E-state index in [1.165, 1.54) is 0 Å². The molecule has 0 saturated heterocycles. The summed E-state index contributed by atoms with van der Waals surface area (Å²) in [6.45, 7) is 1.72. The lowest BCUT2D eigenvalue weighted by atomic mass is 9.81. The van der Waals surface area contributed by atoms with Gasteiger partial charge < -0.3 is 10.0 Å². The standard InChI is InChI=1S/C9H10BN3O2/c1-7-9(10(14)15)6-13(12-7)8-3-2-4-11-5-8/h2-6,14-15H,1H3. The Morgan fingerprint density at radius 2 is 2.20 bits per heavy atom. The van der Waals surface area contributed by atoms with Crippen molar-refractivity contribution in [3.63, 3.8) is 0 Å². The molecule has 5 nitrogen and oxygen atoms in total. The van der Waals surface area contributed by atoms with Crippen molar-refractivity contribution >= 4 is 12.6 Å². The molecule has 0 fully saturated rings. The number of aromatic nitrogens is 3. The van der Waals surface area contributed by atoms with Crippen LogP contribution in [0.3, 0.4) is 0 Å². The molecule has 0 amide bonds. The topological polar surface area (TPSA) is 71.2 Å². The van der Waals surface area contributed by atoms with Crippen molar-refractivity contribution in [1.82, 2.24) is 14.8 Å². The van der Waals surface area contributed by atoms with E-state index in [0.717, 1.165) is 5.69 Å². The fourth-order valence-electron chi connectivity index (χ4n) is 1.35. The monoisotopic (exact) mass is 203 g/mol. The third-order valence-corrected chi connectivity index (χ3v) is 2.13. The molecule has 2 aromatic rings. The van der Waals surface area contributed by atoms with E-state index in [9.17, 15) is 0 Å². The predicted molar refractivity (Wildman–Crippen MR) is 55.9 cm³/mol. The minimum atomic E-state index is -1.49. The van der Waals surface area contributed by atoms with Crippen LogP contribution in [-0.2, 0) is 0 Å². The summed E-state index contributed by atoms with van der Waals surface area (Å²) in [4.78, 5) is 3.96. The highest BCUT2D eigenvalue weighted by atomic mass is 16.4. The van der Waals surface area contributed by atoms with Crippen molar-refractivity contribution in [2.24, 2.45) is 0 Å². The Morgan fingerprint density at radius 1 is 1.40 bits per heavy atom. The first-order valence-corrected chi connectivity index (χ1v) is 4.51. The number of aryl methyl sites for hydroxylation is 1. The summed E-state index contributed by atoms with van der Waals surface area (Å²) in [5, 5.41) is 22.3. The third kappa shape index (κ3) is 1.90. The molecular weight excluding hydrogens is 193 g/mol. The number of hydrogen-bond acceptors (Lipinski definition) is 4. The first-order chi connectivity index (χ1) is 7.18. The predicted octanol–water partition coefficient (Wildman–Crippen LogP) is -0.744. The second-order valence-corrected chi connectivity index (χ2v) is 3.20. The van der Waals surface area contributed by atoms with Gasteiger partial charge in [-0.3, -0.25) is 4.98 Å². The Hall–Kier alpha value is -1.66. The molecule has 0 bridgehead atoms. The van der Waals surface area contributed by atoms with E-state index in [0.29, 0.717) is 11.2 Å². The third-order valence-electron chi connectivity index (χ3n) is 2.13. The van der Waals surface area contributed by atoms with Gasteiger partial charge in [0.05, 0.1) is 17.6 Å². The van der Waals surface area contributed by atoms with Gasteiger partial charge in [-0.1, -0.05) is 0 Å². The van der Waals surface area contributed by atoms with Gasteiger partial charge in [-0.2, -0.15) is 5.10 Å². The maximum atomic E-state index is 9.05. The average molecular weight is 203 g/mol. The van der Waals surface area contributed by atoms with Crippen molar-refractivity contribution in [3.8, 4) is 5.69 Å². The van der Waals surface area contributed by atoms with Crippen LogP contribution < -0.4 is 5.46 Å². The fraction of sp³-hybridized carbons (Fsp3) is 0.111. The van der Waals surface area contributed by atoms with Crippen LogP contribution in [0.2, 0.25) is 0 Å². The van der Waals surface area contributed by atoms with E-state index >= 15 is 0 Å². The molecule has 0 radical (unpaired) electrons. The minimum Gasteiger partial charge on any atom is -0.423 e. The Bertz CT molecular complexity index is 456. The van der Waals surface area contributed by atoms with Crippen LogP contribution in [-0.4, -0.2) is 31.9 Å². The first kappa shape index (κ1) is 9.88. The van der Waals surface area contributed by atoms with Crippen molar-refractivity contribution in [2.75, 3.05) is 0 Å².